The molecule has 8 heteroatoms. The third-order valence-corrected chi connectivity index (χ3v) is 7.56. The summed E-state index contributed by atoms with van der Waals surface area (Å²) in [5, 5.41) is 1.01. The van der Waals surface area contributed by atoms with Crippen LogP contribution in [0.25, 0.3) is 21.9 Å². The van der Waals surface area contributed by atoms with Gasteiger partial charge >= 0.3 is 0 Å². The molecule has 0 aliphatic carbocycles. The number of fused-ring (bicyclic) bond motifs is 2. The van der Waals surface area contributed by atoms with Crippen LogP contribution in [-0.2, 0) is 29.6 Å². The summed E-state index contributed by atoms with van der Waals surface area (Å²) in [5.74, 6) is -0.403. The molecule has 3 aromatic carbocycles. The Bertz CT molecular complexity index is 1750. The molecule has 0 fully saturated rings. The van der Waals surface area contributed by atoms with E-state index in [0.29, 0.717) is 28.8 Å². The molecule has 0 amide bonds. The molecule has 2 heterocycles. The number of carbonyl (C=O) groups is 1. The highest BCUT2D eigenvalue weighted by molar-refractivity contribution is 6.00. The number of hydrogen-bond acceptors (Lipinski definition) is 5. The quantitative estimate of drug-likeness (QED) is 0.234. The van der Waals surface area contributed by atoms with E-state index in [2.05, 4.69) is 0 Å². The van der Waals surface area contributed by atoms with E-state index in [1.54, 1.807) is 25.2 Å². The Hall–Kier alpha value is -4.04. The van der Waals surface area contributed by atoms with Gasteiger partial charge in [-0.3, -0.25) is 9.59 Å². The number of aromatic nitrogens is 1. The number of rotatable bonds is 7. The standard InChI is InChI=1S/C34H35F2NO5/c1-19-24-8-7-15-40-29(24)14-13-25(19)30-26-12-11-23(41-18-21-9-10-22(35)16-28(21)36)17-27(26)33(39)37(6)31(30)32(20(2)38)42-34(3,4)5/h9-14,16-17,32H,7-8,15,18H2,1-6H3/t32-/m1/s1. The van der Waals surface area contributed by atoms with Crippen molar-refractivity contribution in [3.8, 4) is 22.6 Å². The van der Waals surface area contributed by atoms with Crippen molar-refractivity contribution in [1.29, 1.82) is 0 Å². The molecule has 1 aliphatic heterocycles. The van der Waals surface area contributed by atoms with E-state index in [9.17, 15) is 18.4 Å². The minimum absolute atomic E-state index is 0.140. The topological polar surface area (TPSA) is 66.8 Å². The molecular weight excluding hydrogens is 540 g/mol. The summed E-state index contributed by atoms with van der Waals surface area (Å²) in [6.45, 7) is 9.64. The van der Waals surface area contributed by atoms with Crippen LogP contribution in [0.15, 0.2) is 53.3 Å². The van der Waals surface area contributed by atoms with E-state index in [-0.39, 0.29) is 23.5 Å². The number of hydrogen-bond donors (Lipinski definition) is 0. The zero-order valence-corrected chi connectivity index (χ0v) is 24.8. The Balaban J connectivity index is 1.73. The molecule has 4 aromatic rings. The van der Waals surface area contributed by atoms with E-state index in [1.807, 2.05) is 39.8 Å². The summed E-state index contributed by atoms with van der Waals surface area (Å²) in [5.41, 5.74) is 3.38. The summed E-state index contributed by atoms with van der Waals surface area (Å²) in [7, 11) is 1.64. The highest BCUT2D eigenvalue weighted by Gasteiger charge is 2.32. The average molecular weight is 576 g/mol. The number of carbonyl (C=O) groups excluding carboxylic acids is 1. The maximum Gasteiger partial charge on any atom is 0.258 e. The Kier molecular flexibility index (Phi) is 7.94. The van der Waals surface area contributed by atoms with E-state index in [1.165, 1.54) is 23.6 Å². The Morgan fingerprint density at radius 1 is 1.07 bits per heavy atom. The first-order chi connectivity index (χ1) is 19.9. The summed E-state index contributed by atoms with van der Waals surface area (Å²) >= 11 is 0. The number of ketones is 1. The van der Waals surface area contributed by atoms with Crippen LogP contribution >= 0.6 is 0 Å². The average Bonchev–Trinajstić information content (AvgIpc) is 2.93. The lowest BCUT2D eigenvalue weighted by molar-refractivity contribution is -0.139. The van der Waals surface area contributed by atoms with Gasteiger partial charge in [-0.15, -0.1) is 0 Å². The van der Waals surface area contributed by atoms with Crippen molar-refractivity contribution in [2.24, 2.45) is 7.05 Å². The highest BCUT2D eigenvalue weighted by atomic mass is 19.1. The number of halogens is 2. The third kappa shape index (κ3) is 5.68. The number of ether oxygens (including phenoxy) is 3. The second-order valence-electron chi connectivity index (χ2n) is 11.7. The molecule has 220 valence electrons. The molecule has 0 bridgehead atoms. The van der Waals surface area contributed by atoms with E-state index >= 15 is 0 Å². The molecule has 0 radical (unpaired) electrons. The van der Waals surface area contributed by atoms with Crippen LogP contribution in [-0.4, -0.2) is 22.6 Å². The smallest absolute Gasteiger partial charge is 0.258 e. The minimum atomic E-state index is -0.994. The molecule has 42 heavy (non-hydrogen) atoms. The predicted octanol–water partition coefficient (Wildman–Crippen LogP) is 7.14. The monoisotopic (exact) mass is 575 g/mol. The second kappa shape index (κ2) is 11.3. The zero-order chi connectivity index (χ0) is 30.3. The van der Waals surface area contributed by atoms with Crippen molar-refractivity contribution in [2.45, 2.75) is 65.8 Å². The SMILES string of the molecule is CC(=O)[C@@H](OC(C)(C)C)c1c(-c2ccc3c(c2C)CCCO3)c2ccc(OCc3ccc(F)cc3F)cc2c(=O)n1C. The van der Waals surface area contributed by atoms with Crippen LogP contribution in [0, 0.1) is 18.6 Å². The van der Waals surface area contributed by atoms with Crippen LogP contribution in [0.2, 0.25) is 0 Å². The molecule has 0 spiro atoms. The zero-order valence-electron chi connectivity index (χ0n) is 24.8. The second-order valence-corrected chi connectivity index (χ2v) is 11.7. The maximum absolute atomic E-state index is 14.2. The fraction of sp³-hybridized carbons (Fsp3) is 0.353. The molecule has 0 saturated carbocycles. The van der Waals surface area contributed by atoms with Crippen LogP contribution in [0.5, 0.6) is 11.5 Å². The largest absolute Gasteiger partial charge is 0.493 e. The Morgan fingerprint density at radius 2 is 1.83 bits per heavy atom. The van der Waals surface area contributed by atoms with Crippen molar-refractivity contribution in [3.63, 3.8) is 0 Å². The maximum atomic E-state index is 14.2. The molecule has 1 atom stereocenters. The van der Waals surface area contributed by atoms with E-state index in [4.69, 9.17) is 14.2 Å². The summed E-state index contributed by atoms with van der Waals surface area (Å²) < 4.78 is 47.1. The van der Waals surface area contributed by atoms with Crippen LogP contribution in [0.1, 0.15) is 62.6 Å². The van der Waals surface area contributed by atoms with Gasteiger partial charge in [-0.2, -0.15) is 0 Å². The Labute approximate surface area is 243 Å². The fourth-order valence-electron chi connectivity index (χ4n) is 5.56. The van der Waals surface area contributed by atoms with Crippen molar-refractivity contribution in [1.82, 2.24) is 4.57 Å². The van der Waals surface area contributed by atoms with E-state index < -0.39 is 23.3 Å². The van der Waals surface area contributed by atoms with Gasteiger partial charge in [-0.05, 0) is 106 Å². The van der Waals surface area contributed by atoms with Gasteiger partial charge in [-0.25, -0.2) is 8.78 Å². The molecule has 0 unspecified atom stereocenters. The predicted molar refractivity (Wildman–Crippen MR) is 158 cm³/mol. The first-order valence-corrected chi connectivity index (χ1v) is 14.0. The normalized spacial score (nSPS) is 13.9. The van der Waals surface area contributed by atoms with Crippen molar-refractivity contribution in [2.75, 3.05) is 6.61 Å². The first-order valence-electron chi connectivity index (χ1n) is 14.0. The lowest BCUT2D eigenvalue weighted by Gasteiger charge is -2.30. The van der Waals surface area contributed by atoms with Gasteiger partial charge in [0.05, 0.1) is 23.3 Å². The van der Waals surface area contributed by atoms with Gasteiger partial charge in [-0.1, -0.05) is 6.07 Å². The minimum Gasteiger partial charge on any atom is -0.493 e. The van der Waals surface area contributed by atoms with Gasteiger partial charge in [0.25, 0.3) is 5.56 Å². The van der Waals surface area contributed by atoms with Crippen molar-refractivity contribution in [3.05, 3.63) is 92.9 Å². The summed E-state index contributed by atoms with van der Waals surface area (Å²) in [6, 6.07) is 12.3. The van der Waals surface area contributed by atoms with Gasteiger partial charge in [0.2, 0.25) is 0 Å². The van der Waals surface area contributed by atoms with Gasteiger partial charge in [0, 0.05) is 24.2 Å². The van der Waals surface area contributed by atoms with Crippen LogP contribution < -0.4 is 15.0 Å². The van der Waals surface area contributed by atoms with E-state index in [0.717, 1.165) is 46.9 Å². The molecule has 6 nitrogen and oxygen atoms in total. The lowest BCUT2D eigenvalue weighted by atomic mass is 9.87. The summed E-state index contributed by atoms with van der Waals surface area (Å²) in [6.07, 6.45) is 0.767. The third-order valence-electron chi connectivity index (χ3n) is 7.56. The number of benzene rings is 3. The number of pyridine rings is 1. The molecular formula is C34H35F2NO5. The molecule has 0 N–H and O–H groups in total. The Morgan fingerprint density at radius 3 is 2.52 bits per heavy atom. The lowest BCUT2D eigenvalue weighted by Crippen LogP contribution is -2.32. The van der Waals surface area contributed by atoms with Gasteiger partial charge in [0.15, 0.2) is 11.9 Å². The van der Waals surface area contributed by atoms with Gasteiger partial charge < -0.3 is 18.8 Å². The number of Topliss-reactive ketones (excluding diaryl/α,β-unsaturated/α-hetero) is 1. The molecule has 5 rings (SSSR count). The molecule has 0 saturated heterocycles. The molecule has 1 aromatic heterocycles. The number of nitrogens with zero attached hydrogens (tertiary/aromatic N) is 1. The van der Waals surface area contributed by atoms with Gasteiger partial charge in [0.1, 0.15) is 29.7 Å². The fourth-order valence-corrected chi connectivity index (χ4v) is 5.56. The summed E-state index contributed by atoms with van der Waals surface area (Å²) in [4.78, 5) is 27.0. The van der Waals surface area contributed by atoms with Crippen LogP contribution in [0.3, 0.4) is 0 Å². The van der Waals surface area contributed by atoms with Crippen LogP contribution in [0.4, 0.5) is 8.78 Å². The van der Waals surface area contributed by atoms with Crippen molar-refractivity contribution < 1.29 is 27.8 Å². The molecule has 1 aliphatic rings. The highest BCUT2D eigenvalue weighted by Crippen LogP contribution is 2.42. The van der Waals surface area contributed by atoms with Crippen molar-refractivity contribution >= 4 is 16.6 Å². The first kappa shape index (κ1) is 29.5.